The molecule has 0 bridgehead atoms. The molecule has 0 saturated carbocycles. The topological polar surface area (TPSA) is 123 Å². The molecule has 114 valence electrons. The van der Waals surface area contributed by atoms with Gasteiger partial charge in [-0.05, 0) is 0 Å². The third-order valence-electron chi connectivity index (χ3n) is 1.93. The minimum absolute atomic E-state index is 0.216. The summed E-state index contributed by atoms with van der Waals surface area (Å²) in [5.41, 5.74) is 0. The van der Waals surface area contributed by atoms with Crippen molar-refractivity contribution < 1.29 is 44.2 Å². The van der Waals surface area contributed by atoms with E-state index in [4.69, 9.17) is 28.4 Å². The van der Waals surface area contributed by atoms with Gasteiger partial charge in [-0.1, -0.05) is 0 Å². The third-order valence-corrected chi connectivity index (χ3v) is 2.59. The summed E-state index contributed by atoms with van der Waals surface area (Å²) in [6.45, 7) is 26.7. The zero-order valence-electron chi connectivity index (χ0n) is 11.5. The van der Waals surface area contributed by atoms with Gasteiger partial charge < -0.3 is 0 Å². The van der Waals surface area contributed by atoms with E-state index in [0.717, 1.165) is 19.5 Å². The summed E-state index contributed by atoms with van der Waals surface area (Å²) in [6, 6.07) is 0. The zero-order valence-corrected chi connectivity index (χ0v) is 12.7. The summed E-state index contributed by atoms with van der Waals surface area (Å²) >= 11 is 3.03. The molecule has 0 aromatic rings. The van der Waals surface area contributed by atoms with Gasteiger partial charge in [0.1, 0.15) is 0 Å². The monoisotopic (exact) mass is 333 g/mol. The first kappa shape index (κ1) is 32.1. The van der Waals surface area contributed by atoms with Crippen LogP contribution in [0.1, 0.15) is 26.2 Å². The van der Waals surface area contributed by atoms with Crippen LogP contribution in [0.3, 0.4) is 0 Å². The fourth-order valence-electron chi connectivity index (χ4n) is 1.35. The Balaban J connectivity index is -0.0000000727. The maximum absolute atomic E-state index is 9.12. The van der Waals surface area contributed by atoms with Gasteiger partial charge in [0.25, 0.3) is 0 Å². The molecule has 0 amide bonds. The second-order valence-corrected chi connectivity index (χ2v) is 3.88. The van der Waals surface area contributed by atoms with E-state index in [1.54, 1.807) is 0 Å². The molecule has 8 heteroatoms. The molecule has 1 heterocycles. The van der Waals surface area contributed by atoms with Crippen LogP contribution in [0.4, 0.5) is 0 Å². The normalized spacial score (nSPS) is 12.0. The molecule has 1 aliphatic heterocycles. The van der Waals surface area contributed by atoms with Crippen molar-refractivity contribution in [3.63, 3.8) is 0 Å². The number of aliphatic hydroxyl groups is 1. The number of rotatable bonds is 3. The van der Waals surface area contributed by atoms with Crippen molar-refractivity contribution in [2.24, 2.45) is 0 Å². The fraction of sp³-hybridized carbons (Fsp3) is 0.538. The van der Waals surface area contributed by atoms with Crippen LogP contribution in [0.5, 0.6) is 0 Å². The molecule has 1 unspecified atom stereocenters. The van der Waals surface area contributed by atoms with Gasteiger partial charge in [-0.3, -0.25) is 0 Å². The van der Waals surface area contributed by atoms with Crippen molar-refractivity contribution in [3.8, 4) is 0 Å². The van der Waals surface area contributed by atoms with Crippen LogP contribution in [0.15, 0.2) is 0 Å². The number of hydrogen-bond acceptors (Lipinski definition) is 2. The zero-order chi connectivity index (χ0) is 18.3. The Morgan fingerprint density at radius 1 is 0.952 bits per heavy atom. The molecular formula is C13H15CrNO6. The fourth-order valence-corrected chi connectivity index (χ4v) is 2.01. The van der Waals surface area contributed by atoms with Crippen molar-refractivity contribution in [3.05, 3.63) is 33.3 Å². The first-order valence-corrected chi connectivity index (χ1v) is 5.82. The molecule has 1 rings (SSSR count). The minimum atomic E-state index is -0.216. The number of likely N-dealkylation sites (tertiary alicyclic amines) is 1. The molecule has 0 radical (unpaired) electrons. The average molecular weight is 333 g/mol. The SMILES string of the molecule is CC(O)C[C](=[Cr])N1CCCC1.[C-]#[O+].[C-]#[O+].[C-]#[O+].[C-]#[O+].[C-]#[O+]. The van der Waals surface area contributed by atoms with Crippen LogP contribution < -0.4 is 0 Å². The van der Waals surface area contributed by atoms with E-state index in [9.17, 15) is 0 Å². The second kappa shape index (κ2) is 36.4. The van der Waals surface area contributed by atoms with Gasteiger partial charge in [-0.15, -0.1) is 0 Å². The first-order chi connectivity index (χ1) is 10.2. The maximum atomic E-state index is 9.12. The van der Waals surface area contributed by atoms with E-state index in [1.165, 1.54) is 17.3 Å². The molecule has 1 N–H and O–H groups in total. The Hall–Kier alpha value is -0.978. The molecule has 1 fully saturated rings. The summed E-state index contributed by atoms with van der Waals surface area (Å²) in [6.07, 6.45) is 3.16. The molecule has 1 saturated heterocycles. The Bertz CT molecular complexity index is 278. The van der Waals surface area contributed by atoms with Crippen molar-refractivity contribution in [2.75, 3.05) is 13.1 Å². The summed E-state index contributed by atoms with van der Waals surface area (Å²) in [7, 11) is 0. The average Bonchev–Trinajstić information content (AvgIpc) is 3.11. The van der Waals surface area contributed by atoms with Crippen molar-refractivity contribution in [1.82, 2.24) is 4.90 Å². The Labute approximate surface area is 132 Å². The predicted octanol–water partition coefficient (Wildman–Crippen LogP) is 0.342. The third kappa shape index (κ3) is 28.0. The van der Waals surface area contributed by atoms with E-state index >= 15 is 0 Å². The number of hydrogen-bond donors (Lipinski definition) is 1. The quantitative estimate of drug-likeness (QED) is 0.591. The van der Waals surface area contributed by atoms with Gasteiger partial charge in [0.05, 0.1) is 0 Å². The molecule has 0 aromatic heterocycles. The van der Waals surface area contributed by atoms with Crippen molar-refractivity contribution >= 4 is 4.50 Å². The van der Waals surface area contributed by atoms with Crippen LogP contribution in [-0.2, 0) is 39.1 Å². The van der Waals surface area contributed by atoms with Gasteiger partial charge in [0.2, 0.25) is 0 Å². The summed E-state index contributed by atoms with van der Waals surface area (Å²) in [5.74, 6) is 0. The molecule has 1 atom stereocenters. The molecule has 0 aromatic carbocycles. The van der Waals surface area contributed by atoms with Crippen LogP contribution in [0.2, 0.25) is 0 Å². The van der Waals surface area contributed by atoms with E-state index < -0.39 is 0 Å². The van der Waals surface area contributed by atoms with E-state index in [2.05, 4.69) is 54.0 Å². The molecule has 0 spiro atoms. The van der Waals surface area contributed by atoms with Gasteiger partial charge in [-0.25, -0.2) is 0 Å². The van der Waals surface area contributed by atoms with Gasteiger partial charge in [0.15, 0.2) is 0 Å². The Morgan fingerprint density at radius 3 is 1.48 bits per heavy atom. The molecular weight excluding hydrogens is 318 g/mol. The first-order valence-electron chi connectivity index (χ1n) is 5.18. The molecule has 1 aliphatic rings. The van der Waals surface area contributed by atoms with E-state index in [0.29, 0.717) is 0 Å². The molecule has 0 aliphatic carbocycles. The van der Waals surface area contributed by atoms with Crippen LogP contribution in [0.25, 0.3) is 0 Å². The van der Waals surface area contributed by atoms with E-state index in [-0.39, 0.29) is 6.10 Å². The predicted molar refractivity (Wildman–Crippen MR) is 61.8 cm³/mol. The Kier molecular flexibility index (Phi) is 55.7. The van der Waals surface area contributed by atoms with E-state index in [1.807, 2.05) is 6.92 Å². The van der Waals surface area contributed by atoms with Crippen molar-refractivity contribution in [2.45, 2.75) is 32.3 Å². The van der Waals surface area contributed by atoms with Crippen LogP contribution in [-0.4, -0.2) is 33.7 Å². The Morgan fingerprint density at radius 2 is 1.24 bits per heavy atom. The van der Waals surface area contributed by atoms with Crippen LogP contribution >= 0.6 is 0 Å². The number of aliphatic hydroxyl groups excluding tert-OH is 1. The second-order valence-electron chi connectivity index (χ2n) is 3.14. The molecule has 21 heavy (non-hydrogen) atoms. The standard InChI is InChI=1S/C8H15NO.5CO.Cr/c1-8(10)4-7-9-5-2-3-6-9;5*1-2;/h8,10H,2-6H2,1H3;;;;;;. The summed E-state index contributed by atoms with van der Waals surface area (Å²) in [5, 5.41) is 9.12. The van der Waals surface area contributed by atoms with Gasteiger partial charge in [0, 0.05) is 0 Å². The number of nitrogens with zero attached hydrogens (tertiary/aromatic N) is 1. The van der Waals surface area contributed by atoms with Crippen molar-refractivity contribution in [1.29, 1.82) is 0 Å². The summed E-state index contributed by atoms with van der Waals surface area (Å²) in [4.78, 5) is 2.33. The molecule has 7 nitrogen and oxygen atoms in total. The van der Waals surface area contributed by atoms with Gasteiger partial charge >= 0.3 is 132 Å². The van der Waals surface area contributed by atoms with Gasteiger partial charge in [-0.2, -0.15) is 0 Å². The van der Waals surface area contributed by atoms with Crippen LogP contribution in [0, 0.1) is 33.3 Å². The summed E-state index contributed by atoms with van der Waals surface area (Å²) < 4.78 is 38.7.